The lowest BCUT2D eigenvalue weighted by Crippen LogP contribution is -2.58. The van der Waals surface area contributed by atoms with Crippen molar-refractivity contribution in [2.75, 3.05) is 16.6 Å². The highest BCUT2D eigenvalue weighted by Gasteiger charge is 2.52. The van der Waals surface area contributed by atoms with Gasteiger partial charge in [-0.15, -0.1) is 0 Å². The number of carboxylic acids is 1. The number of ether oxygens (including phenoxy) is 1. The maximum atomic E-state index is 14.2. The summed E-state index contributed by atoms with van der Waals surface area (Å²) in [5, 5.41) is 10.6. The molecular weight excluding hydrogens is 618 g/mol. The number of morpholine rings is 1. The van der Waals surface area contributed by atoms with Gasteiger partial charge in [-0.1, -0.05) is 47.5 Å². The molecule has 226 valence electrons. The van der Waals surface area contributed by atoms with E-state index in [-0.39, 0.29) is 18.2 Å². The van der Waals surface area contributed by atoms with E-state index in [0.717, 1.165) is 0 Å². The van der Waals surface area contributed by atoms with Gasteiger partial charge >= 0.3 is 5.97 Å². The van der Waals surface area contributed by atoms with Gasteiger partial charge in [0, 0.05) is 16.6 Å². The minimum atomic E-state index is -3.99. The number of carbonyl (C=O) groups excluding carboxylic acids is 1. The van der Waals surface area contributed by atoms with Crippen LogP contribution >= 0.6 is 23.2 Å². The second-order valence-corrected chi connectivity index (χ2v) is 14.0. The first-order valence-corrected chi connectivity index (χ1v) is 16.4. The standard InChI is InChI=1S/C31H29Cl2FN2O6S/c32-22-8-6-19(7-9-22)29-30(21-2-1-3-23(33)14-21)42-27(16-28(37)38)31(39)36(29)26(18-4-5-18)17-43(40,41)35-13-12-20-15-24(34)10-11-25(20)35/h1-3,6-11,14-15,18,26-27,29-30H,4-5,12-13,16-17H2,(H,37,38)/t26-,27+,29-,30-/m1/s1. The van der Waals surface area contributed by atoms with Crippen LogP contribution in [0.2, 0.25) is 10.0 Å². The highest BCUT2D eigenvalue weighted by atomic mass is 35.5. The summed E-state index contributed by atoms with van der Waals surface area (Å²) in [6.07, 6.45) is -0.973. The second kappa shape index (κ2) is 11.7. The molecule has 1 saturated carbocycles. The van der Waals surface area contributed by atoms with Crippen LogP contribution in [0.5, 0.6) is 0 Å². The lowest BCUT2D eigenvalue weighted by atomic mass is 9.89. The van der Waals surface area contributed by atoms with Crippen molar-refractivity contribution in [3.8, 4) is 0 Å². The second-order valence-electron chi connectivity index (χ2n) is 11.2. The van der Waals surface area contributed by atoms with E-state index in [1.54, 1.807) is 53.4 Å². The van der Waals surface area contributed by atoms with E-state index in [9.17, 15) is 27.5 Å². The van der Waals surface area contributed by atoms with Crippen LogP contribution in [0.1, 0.15) is 48.1 Å². The molecule has 8 nitrogen and oxygen atoms in total. The SMILES string of the molecule is O=C(O)C[C@@H]1O[C@H](c2cccc(Cl)c2)[C@@H](c2ccc(Cl)cc2)N([C@H](CS(=O)(=O)N2CCc3cc(F)ccc32)C2CC2)C1=O. The number of carboxylic acid groups (broad SMARTS) is 1. The van der Waals surface area contributed by atoms with Crippen molar-refractivity contribution in [3.05, 3.63) is 99.3 Å². The summed E-state index contributed by atoms with van der Waals surface area (Å²) in [4.78, 5) is 27.6. The van der Waals surface area contributed by atoms with Crippen LogP contribution in [0, 0.1) is 11.7 Å². The molecule has 43 heavy (non-hydrogen) atoms. The fourth-order valence-electron chi connectivity index (χ4n) is 6.22. The normalized spacial score (nSPS) is 22.9. The molecule has 0 unspecified atom stereocenters. The van der Waals surface area contributed by atoms with Crippen molar-refractivity contribution in [1.29, 1.82) is 0 Å². The third-order valence-corrected chi connectivity index (χ3v) is 10.6. The van der Waals surface area contributed by atoms with Crippen molar-refractivity contribution in [2.45, 2.75) is 50.0 Å². The van der Waals surface area contributed by atoms with Crippen LogP contribution in [0.25, 0.3) is 0 Å². The molecule has 1 saturated heterocycles. The number of anilines is 1. The zero-order valence-electron chi connectivity index (χ0n) is 22.9. The molecule has 3 aliphatic rings. The summed E-state index contributed by atoms with van der Waals surface area (Å²) in [7, 11) is -3.99. The number of halogens is 3. The first-order chi connectivity index (χ1) is 20.5. The molecule has 12 heteroatoms. The van der Waals surface area contributed by atoms with Crippen LogP contribution in [-0.2, 0) is 30.8 Å². The van der Waals surface area contributed by atoms with Gasteiger partial charge in [-0.2, -0.15) is 0 Å². The average Bonchev–Trinajstić information content (AvgIpc) is 3.71. The summed E-state index contributed by atoms with van der Waals surface area (Å²) in [6, 6.07) is 16.3. The number of fused-ring (bicyclic) bond motifs is 1. The van der Waals surface area contributed by atoms with Crippen molar-refractivity contribution in [1.82, 2.24) is 4.90 Å². The quantitative estimate of drug-likeness (QED) is 0.316. The molecule has 1 aliphatic carbocycles. The lowest BCUT2D eigenvalue weighted by molar-refractivity contribution is -0.183. The van der Waals surface area contributed by atoms with E-state index < -0.39 is 58.4 Å². The molecule has 3 aromatic rings. The first kappa shape index (κ1) is 29.9. The van der Waals surface area contributed by atoms with Gasteiger partial charge < -0.3 is 14.7 Å². The monoisotopic (exact) mass is 646 g/mol. The van der Waals surface area contributed by atoms with E-state index >= 15 is 0 Å². The van der Waals surface area contributed by atoms with E-state index in [0.29, 0.717) is 51.7 Å². The Morgan fingerprint density at radius 3 is 2.44 bits per heavy atom. The molecule has 2 fully saturated rings. The Morgan fingerprint density at radius 1 is 1.02 bits per heavy atom. The summed E-state index contributed by atoms with van der Waals surface area (Å²) in [6.45, 7) is 0.170. The molecule has 0 spiro atoms. The third kappa shape index (κ3) is 6.11. The van der Waals surface area contributed by atoms with Gasteiger partial charge in [-0.05, 0) is 84.3 Å². The number of sulfonamides is 1. The highest BCUT2D eigenvalue weighted by molar-refractivity contribution is 7.92. The number of nitrogens with zero attached hydrogens (tertiary/aromatic N) is 2. The molecule has 1 amide bonds. The predicted molar refractivity (Wildman–Crippen MR) is 160 cm³/mol. The van der Waals surface area contributed by atoms with Gasteiger partial charge in [-0.3, -0.25) is 13.9 Å². The molecule has 0 aromatic heterocycles. The molecule has 6 rings (SSSR count). The number of hydrogen-bond donors (Lipinski definition) is 1. The first-order valence-electron chi connectivity index (χ1n) is 14.0. The zero-order chi connectivity index (χ0) is 30.5. The van der Waals surface area contributed by atoms with Gasteiger partial charge in [0.2, 0.25) is 10.0 Å². The van der Waals surface area contributed by atoms with Gasteiger partial charge in [0.05, 0.1) is 29.9 Å². The number of rotatable bonds is 9. The summed E-state index contributed by atoms with van der Waals surface area (Å²) in [5.41, 5.74) is 2.31. The van der Waals surface area contributed by atoms with Crippen molar-refractivity contribution >= 4 is 50.8 Å². The lowest BCUT2D eigenvalue weighted by Gasteiger charge is -2.48. The fraction of sp³-hybridized carbons (Fsp3) is 0.355. The molecule has 2 heterocycles. The van der Waals surface area contributed by atoms with Gasteiger partial charge in [-0.25, -0.2) is 12.8 Å². The minimum Gasteiger partial charge on any atom is -0.481 e. The zero-order valence-corrected chi connectivity index (χ0v) is 25.2. The number of benzene rings is 3. The largest absolute Gasteiger partial charge is 0.481 e. The smallest absolute Gasteiger partial charge is 0.306 e. The maximum absolute atomic E-state index is 14.2. The van der Waals surface area contributed by atoms with E-state index in [1.165, 1.54) is 22.5 Å². The minimum absolute atomic E-state index is 0.118. The molecule has 3 aromatic carbocycles. The van der Waals surface area contributed by atoms with Crippen LogP contribution in [0.15, 0.2) is 66.7 Å². The van der Waals surface area contributed by atoms with Crippen molar-refractivity contribution < 1.29 is 32.2 Å². The van der Waals surface area contributed by atoms with Crippen LogP contribution in [0.4, 0.5) is 10.1 Å². The Labute approximate surface area is 259 Å². The number of amides is 1. The highest BCUT2D eigenvalue weighted by Crippen LogP contribution is 2.48. The van der Waals surface area contributed by atoms with Gasteiger partial charge in [0.15, 0.2) is 0 Å². The number of hydrogen-bond acceptors (Lipinski definition) is 5. The van der Waals surface area contributed by atoms with Gasteiger partial charge in [0.25, 0.3) is 5.91 Å². The van der Waals surface area contributed by atoms with Crippen molar-refractivity contribution in [3.63, 3.8) is 0 Å². The molecule has 4 atom stereocenters. The predicted octanol–water partition coefficient (Wildman–Crippen LogP) is 5.79. The van der Waals surface area contributed by atoms with Crippen LogP contribution in [0.3, 0.4) is 0 Å². The van der Waals surface area contributed by atoms with Crippen molar-refractivity contribution in [2.24, 2.45) is 5.92 Å². The Balaban J connectivity index is 1.45. The van der Waals surface area contributed by atoms with E-state index in [1.807, 2.05) is 0 Å². The van der Waals surface area contributed by atoms with E-state index in [2.05, 4.69) is 0 Å². The third-order valence-electron chi connectivity index (χ3n) is 8.31. The van der Waals surface area contributed by atoms with E-state index in [4.69, 9.17) is 27.9 Å². The Kier molecular flexibility index (Phi) is 8.14. The van der Waals surface area contributed by atoms with Gasteiger partial charge in [0.1, 0.15) is 18.0 Å². The summed E-state index contributed by atoms with van der Waals surface area (Å²) in [5.74, 6) is -2.74. The molecule has 2 aliphatic heterocycles. The van der Waals surface area contributed by atoms with Crippen LogP contribution in [-0.4, -0.2) is 54.7 Å². The molecule has 0 bridgehead atoms. The Hall–Kier alpha value is -3.18. The molecule has 1 N–H and O–H groups in total. The molecule has 0 radical (unpaired) electrons. The summed E-state index contributed by atoms with van der Waals surface area (Å²) < 4.78 is 49.5. The average molecular weight is 648 g/mol. The maximum Gasteiger partial charge on any atom is 0.306 e. The Morgan fingerprint density at radius 2 is 1.77 bits per heavy atom. The van der Waals surface area contributed by atoms with Crippen LogP contribution < -0.4 is 4.31 Å². The summed E-state index contributed by atoms with van der Waals surface area (Å²) >= 11 is 12.5. The number of aliphatic carboxylic acids is 1. The number of carbonyl (C=O) groups is 2. The fourth-order valence-corrected chi connectivity index (χ4v) is 8.44. The molecular formula is C31H29Cl2FN2O6S. The topological polar surface area (TPSA) is 104 Å². The Bertz CT molecular complexity index is 1670.